The van der Waals surface area contributed by atoms with Gasteiger partial charge in [0, 0.05) is 26.1 Å². The molecular formula is C15H29Cl2F2N3O2. The molecule has 2 rings (SSSR count). The number of amides is 1. The number of rotatable bonds is 7. The molecule has 0 bridgehead atoms. The van der Waals surface area contributed by atoms with E-state index < -0.39 is 24.9 Å². The molecule has 2 heterocycles. The highest BCUT2D eigenvalue weighted by molar-refractivity contribution is 5.85. The minimum absolute atomic E-state index is 0. The average Bonchev–Trinajstić information content (AvgIpc) is 3.09. The highest BCUT2D eigenvalue weighted by Crippen LogP contribution is 2.27. The molecule has 2 atom stereocenters. The van der Waals surface area contributed by atoms with E-state index in [0.717, 1.165) is 26.1 Å². The highest BCUT2D eigenvalue weighted by atomic mass is 35.5. The van der Waals surface area contributed by atoms with Gasteiger partial charge in [-0.25, -0.2) is 8.78 Å². The van der Waals surface area contributed by atoms with E-state index in [1.165, 1.54) is 0 Å². The first-order valence-corrected chi connectivity index (χ1v) is 8.19. The number of halogens is 4. The summed E-state index contributed by atoms with van der Waals surface area (Å²) in [5.74, 6) is -2.98. The number of carbonyl (C=O) groups excluding carboxylic acids is 1. The van der Waals surface area contributed by atoms with Crippen molar-refractivity contribution in [2.75, 3.05) is 45.9 Å². The van der Waals surface area contributed by atoms with Crippen LogP contribution < -0.4 is 5.32 Å². The van der Waals surface area contributed by atoms with Crippen molar-refractivity contribution >= 4 is 30.7 Å². The van der Waals surface area contributed by atoms with Crippen molar-refractivity contribution < 1.29 is 18.3 Å². The largest absolute Gasteiger partial charge is 0.375 e. The van der Waals surface area contributed by atoms with Crippen molar-refractivity contribution in [3.63, 3.8) is 0 Å². The fourth-order valence-corrected chi connectivity index (χ4v) is 3.06. The van der Waals surface area contributed by atoms with Gasteiger partial charge in [0.25, 0.3) is 5.92 Å². The fourth-order valence-electron chi connectivity index (χ4n) is 3.06. The van der Waals surface area contributed by atoms with E-state index in [0.29, 0.717) is 19.7 Å². The van der Waals surface area contributed by atoms with E-state index in [1.807, 2.05) is 0 Å². The van der Waals surface area contributed by atoms with Crippen LogP contribution in [0.2, 0.25) is 0 Å². The van der Waals surface area contributed by atoms with Gasteiger partial charge in [0.1, 0.15) is 0 Å². The van der Waals surface area contributed by atoms with E-state index in [4.69, 9.17) is 4.74 Å². The maximum atomic E-state index is 13.2. The van der Waals surface area contributed by atoms with Crippen LogP contribution in [0.3, 0.4) is 0 Å². The van der Waals surface area contributed by atoms with Crippen molar-refractivity contribution in [3.8, 4) is 0 Å². The summed E-state index contributed by atoms with van der Waals surface area (Å²) in [6.07, 6.45) is 0.421. The third-order valence-corrected chi connectivity index (χ3v) is 4.52. The summed E-state index contributed by atoms with van der Waals surface area (Å²) in [6.45, 7) is 8.46. The smallest absolute Gasteiger partial charge is 0.262 e. The molecule has 0 radical (unpaired) electrons. The normalized spacial score (nSPS) is 25.5. The van der Waals surface area contributed by atoms with Gasteiger partial charge < -0.3 is 14.5 Å². The summed E-state index contributed by atoms with van der Waals surface area (Å²) in [5, 5.41) is 2.62. The van der Waals surface area contributed by atoms with Crippen molar-refractivity contribution in [2.45, 2.75) is 44.8 Å². The topological polar surface area (TPSA) is 44.8 Å². The summed E-state index contributed by atoms with van der Waals surface area (Å²) in [6, 6.07) is -0.746. The molecule has 1 amide bonds. The van der Waals surface area contributed by atoms with Gasteiger partial charge in [0.2, 0.25) is 5.91 Å². The zero-order chi connectivity index (χ0) is 16.2. The Bertz CT molecular complexity index is 388. The molecule has 1 N–H and O–H groups in total. The monoisotopic (exact) mass is 391 g/mol. The van der Waals surface area contributed by atoms with Gasteiger partial charge in [-0.05, 0) is 19.5 Å². The number of likely N-dealkylation sites (N-methyl/N-ethyl adjacent to an activating group) is 1. The quantitative estimate of drug-likeness (QED) is 0.718. The lowest BCUT2D eigenvalue weighted by Crippen LogP contribution is -2.43. The van der Waals surface area contributed by atoms with E-state index in [1.54, 1.807) is 4.90 Å². The Kier molecular flexibility index (Phi) is 10.6. The first kappa shape index (κ1) is 23.8. The number of nitrogens with one attached hydrogen (secondary N) is 1. The molecule has 9 heteroatoms. The molecule has 0 aromatic rings. The first-order chi connectivity index (χ1) is 10.4. The molecule has 0 aromatic heterocycles. The molecule has 2 aliphatic heterocycles. The van der Waals surface area contributed by atoms with Gasteiger partial charge in [-0.1, -0.05) is 13.8 Å². The Morgan fingerprint density at radius 2 is 2.00 bits per heavy atom. The van der Waals surface area contributed by atoms with Crippen LogP contribution in [-0.2, 0) is 9.53 Å². The molecule has 2 aliphatic rings. The minimum atomic E-state index is -2.76. The summed E-state index contributed by atoms with van der Waals surface area (Å²) in [7, 11) is 0. The van der Waals surface area contributed by atoms with Crippen LogP contribution in [0.15, 0.2) is 0 Å². The molecule has 0 saturated carbocycles. The third kappa shape index (κ3) is 6.59. The van der Waals surface area contributed by atoms with E-state index in [2.05, 4.69) is 24.1 Å². The zero-order valence-electron chi connectivity index (χ0n) is 14.3. The Morgan fingerprint density at radius 3 is 2.54 bits per heavy atom. The SMILES string of the molecule is CCN(CC)CCOC1CCN(C(=O)C2CC(F)(F)CN2)C1.Cl.Cl. The highest BCUT2D eigenvalue weighted by Gasteiger charge is 2.44. The minimum Gasteiger partial charge on any atom is -0.375 e. The molecule has 0 spiro atoms. The predicted octanol–water partition coefficient (Wildman–Crippen LogP) is 1.79. The van der Waals surface area contributed by atoms with Crippen LogP contribution in [0.5, 0.6) is 0 Å². The fraction of sp³-hybridized carbons (Fsp3) is 0.933. The van der Waals surface area contributed by atoms with Crippen LogP contribution in [0, 0.1) is 0 Å². The summed E-state index contributed by atoms with van der Waals surface area (Å²) < 4.78 is 32.1. The maximum absolute atomic E-state index is 13.2. The number of nitrogens with zero attached hydrogens (tertiary/aromatic N) is 2. The zero-order valence-corrected chi connectivity index (χ0v) is 15.9. The third-order valence-electron chi connectivity index (χ3n) is 4.52. The molecular weight excluding hydrogens is 363 g/mol. The molecule has 2 unspecified atom stereocenters. The lowest BCUT2D eigenvalue weighted by molar-refractivity contribution is -0.133. The molecule has 2 fully saturated rings. The molecule has 5 nitrogen and oxygen atoms in total. The van der Waals surface area contributed by atoms with Crippen LogP contribution in [0.25, 0.3) is 0 Å². The van der Waals surface area contributed by atoms with Gasteiger partial charge in [-0.15, -0.1) is 24.8 Å². The Labute approximate surface area is 155 Å². The first-order valence-electron chi connectivity index (χ1n) is 8.19. The maximum Gasteiger partial charge on any atom is 0.262 e. The van der Waals surface area contributed by atoms with Crippen molar-refractivity contribution in [2.24, 2.45) is 0 Å². The lowest BCUT2D eigenvalue weighted by atomic mass is 10.2. The van der Waals surface area contributed by atoms with Crippen LogP contribution in [0.4, 0.5) is 8.78 Å². The van der Waals surface area contributed by atoms with E-state index in [9.17, 15) is 13.6 Å². The summed E-state index contributed by atoms with van der Waals surface area (Å²) in [4.78, 5) is 16.2. The van der Waals surface area contributed by atoms with E-state index in [-0.39, 0.29) is 36.8 Å². The van der Waals surface area contributed by atoms with Crippen molar-refractivity contribution in [3.05, 3.63) is 0 Å². The van der Waals surface area contributed by atoms with Gasteiger partial charge >= 0.3 is 0 Å². The number of hydrogen-bond donors (Lipinski definition) is 1. The Morgan fingerprint density at radius 1 is 1.33 bits per heavy atom. The lowest BCUT2D eigenvalue weighted by Gasteiger charge is -2.21. The Hall–Kier alpha value is -0.210. The standard InChI is InChI=1S/C15H27F2N3O2.2ClH/c1-3-19(4-2)7-8-22-12-5-6-20(10-12)14(21)13-9-15(16,17)11-18-13;;/h12-13,18H,3-11H2,1-2H3;2*1H. The van der Waals surface area contributed by atoms with Crippen LogP contribution >= 0.6 is 24.8 Å². The second kappa shape index (κ2) is 10.7. The molecule has 0 aliphatic carbocycles. The second-order valence-corrected chi connectivity index (χ2v) is 6.09. The van der Waals surface area contributed by atoms with Crippen LogP contribution in [-0.4, -0.2) is 79.7 Å². The number of ether oxygens (including phenoxy) is 1. The molecule has 2 saturated heterocycles. The number of hydrogen-bond acceptors (Lipinski definition) is 4. The summed E-state index contributed by atoms with van der Waals surface area (Å²) in [5.41, 5.74) is 0. The molecule has 144 valence electrons. The molecule has 24 heavy (non-hydrogen) atoms. The van der Waals surface area contributed by atoms with Crippen molar-refractivity contribution in [1.82, 2.24) is 15.1 Å². The number of carbonyl (C=O) groups is 1. The predicted molar refractivity (Wildman–Crippen MR) is 94.6 cm³/mol. The molecule has 0 aromatic carbocycles. The average molecular weight is 392 g/mol. The van der Waals surface area contributed by atoms with Crippen molar-refractivity contribution in [1.29, 1.82) is 0 Å². The summed E-state index contributed by atoms with van der Waals surface area (Å²) >= 11 is 0. The second-order valence-electron chi connectivity index (χ2n) is 6.09. The van der Waals surface area contributed by atoms with Gasteiger partial charge in [-0.3, -0.25) is 10.1 Å². The van der Waals surface area contributed by atoms with Gasteiger partial charge in [-0.2, -0.15) is 0 Å². The number of alkyl halides is 2. The van der Waals surface area contributed by atoms with E-state index >= 15 is 0 Å². The van der Waals surface area contributed by atoms with Gasteiger partial charge in [0.05, 0.1) is 25.3 Å². The van der Waals surface area contributed by atoms with Gasteiger partial charge in [0.15, 0.2) is 0 Å². The van der Waals surface area contributed by atoms with Crippen LogP contribution in [0.1, 0.15) is 26.7 Å². The number of likely N-dealkylation sites (tertiary alicyclic amines) is 1. The Balaban J connectivity index is 0.00000264.